The number of pyridine rings is 1. The molecule has 2 aromatic rings. The number of aromatic nitrogens is 1. The summed E-state index contributed by atoms with van der Waals surface area (Å²) >= 11 is 7.05. The van der Waals surface area contributed by atoms with Crippen molar-refractivity contribution in [2.75, 3.05) is 36.8 Å². The molecule has 0 aliphatic carbocycles. The Bertz CT molecular complexity index is 859. The summed E-state index contributed by atoms with van der Waals surface area (Å²) in [4.78, 5) is 26.8. The predicted molar refractivity (Wildman–Crippen MR) is 103 cm³/mol. The Kier molecular flexibility index (Phi) is 6.02. The number of halogens is 1. The molecule has 27 heavy (non-hydrogen) atoms. The lowest BCUT2D eigenvalue weighted by atomic mass is 10.2. The summed E-state index contributed by atoms with van der Waals surface area (Å²) < 4.78 is 0.732. The van der Waals surface area contributed by atoms with Crippen molar-refractivity contribution in [1.29, 1.82) is 0 Å². The number of anilines is 1. The van der Waals surface area contributed by atoms with Gasteiger partial charge >= 0.3 is 0 Å². The van der Waals surface area contributed by atoms with Gasteiger partial charge in [0.15, 0.2) is 6.20 Å². The Balaban J connectivity index is 1.58. The average molecular weight is 409 g/mol. The summed E-state index contributed by atoms with van der Waals surface area (Å²) in [5.41, 5.74) is 0.462. The van der Waals surface area contributed by atoms with Crippen LogP contribution in [0.15, 0.2) is 47.6 Å². The molecule has 1 saturated heterocycles. The first-order valence-corrected chi connectivity index (χ1v) is 9.59. The van der Waals surface area contributed by atoms with Crippen LogP contribution < -0.4 is 9.63 Å². The van der Waals surface area contributed by atoms with Gasteiger partial charge in [-0.05, 0) is 30.0 Å². The van der Waals surface area contributed by atoms with Gasteiger partial charge in [0.2, 0.25) is 5.91 Å². The van der Waals surface area contributed by atoms with E-state index in [1.54, 1.807) is 35.2 Å². The maximum Gasteiger partial charge on any atom is 0.294 e. The Morgan fingerprint density at radius 3 is 2.63 bits per heavy atom. The molecule has 8 nitrogen and oxygen atoms in total. The Labute approximate surface area is 165 Å². The SMILES string of the molecule is O=C(CSc1cccc[n+]1[O-])N1CCN(c2ccc(Cl)cc2[N+](=O)[O-])CC1. The smallest absolute Gasteiger partial charge is 0.294 e. The van der Waals surface area contributed by atoms with Gasteiger partial charge in [-0.3, -0.25) is 14.9 Å². The number of nitrogens with zero attached hydrogens (tertiary/aromatic N) is 4. The van der Waals surface area contributed by atoms with E-state index in [-0.39, 0.29) is 17.3 Å². The lowest BCUT2D eigenvalue weighted by Gasteiger charge is -2.35. The minimum Gasteiger partial charge on any atom is -0.618 e. The summed E-state index contributed by atoms with van der Waals surface area (Å²) in [5.74, 6) is 0.113. The van der Waals surface area contributed by atoms with E-state index < -0.39 is 4.92 Å². The number of hydrogen-bond acceptors (Lipinski definition) is 6. The molecule has 1 aromatic carbocycles. The van der Waals surface area contributed by atoms with Crippen molar-refractivity contribution in [3.05, 3.63) is 62.9 Å². The van der Waals surface area contributed by atoms with E-state index in [1.807, 2.05) is 4.90 Å². The lowest BCUT2D eigenvalue weighted by molar-refractivity contribution is -0.645. The van der Waals surface area contributed by atoms with Crippen molar-refractivity contribution in [2.24, 2.45) is 0 Å². The second-order valence-electron chi connectivity index (χ2n) is 5.91. The van der Waals surface area contributed by atoms with Gasteiger partial charge in [0.25, 0.3) is 10.7 Å². The molecular formula is C17H17ClN4O4S. The Morgan fingerprint density at radius 2 is 1.96 bits per heavy atom. The van der Waals surface area contributed by atoms with Crippen molar-refractivity contribution in [2.45, 2.75) is 5.03 Å². The highest BCUT2D eigenvalue weighted by atomic mass is 35.5. The highest BCUT2D eigenvalue weighted by molar-refractivity contribution is 7.99. The zero-order valence-electron chi connectivity index (χ0n) is 14.3. The molecule has 1 aliphatic heterocycles. The standard InChI is InChI=1S/C17H17ClN4O4S/c18-13-4-5-14(15(11-13)22(25)26)19-7-9-20(10-8-19)16(23)12-27-17-3-1-2-6-21(17)24/h1-6,11H,7-10,12H2. The largest absolute Gasteiger partial charge is 0.618 e. The zero-order chi connectivity index (χ0) is 19.4. The lowest BCUT2D eigenvalue weighted by Crippen LogP contribution is -2.49. The maximum absolute atomic E-state index is 12.4. The second-order valence-corrected chi connectivity index (χ2v) is 7.34. The Hall–Kier alpha value is -2.52. The Morgan fingerprint density at radius 1 is 1.22 bits per heavy atom. The molecule has 10 heteroatoms. The van der Waals surface area contributed by atoms with Gasteiger partial charge in [-0.15, -0.1) is 0 Å². The van der Waals surface area contributed by atoms with E-state index in [2.05, 4.69) is 0 Å². The number of carbonyl (C=O) groups is 1. The van der Waals surface area contributed by atoms with E-state index in [0.29, 0.717) is 41.9 Å². The number of nitro groups is 1. The third-order valence-electron chi connectivity index (χ3n) is 4.24. The van der Waals surface area contributed by atoms with Gasteiger partial charge in [0, 0.05) is 49.4 Å². The molecule has 3 rings (SSSR count). The summed E-state index contributed by atoms with van der Waals surface area (Å²) in [6, 6.07) is 9.64. The molecule has 142 valence electrons. The topological polar surface area (TPSA) is 93.6 Å². The van der Waals surface area contributed by atoms with E-state index in [0.717, 1.165) is 4.73 Å². The van der Waals surface area contributed by atoms with Gasteiger partial charge in [-0.2, -0.15) is 4.73 Å². The first-order chi connectivity index (χ1) is 13.0. The minimum absolute atomic E-state index is 0.0399. The van der Waals surface area contributed by atoms with Crippen LogP contribution >= 0.6 is 23.4 Å². The quantitative estimate of drug-likeness (QED) is 0.248. The summed E-state index contributed by atoms with van der Waals surface area (Å²) in [7, 11) is 0. The van der Waals surface area contributed by atoms with Gasteiger partial charge in [-0.25, -0.2) is 0 Å². The summed E-state index contributed by atoms with van der Waals surface area (Å²) in [6.07, 6.45) is 1.39. The maximum atomic E-state index is 12.4. The van der Waals surface area contributed by atoms with Gasteiger partial charge < -0.3 is 15.0 Å². The molecule has 0 unspecified atom stereocenters. The fourth-order valence-electron chi connectivity index (χ4n) is 2.86. The first-order valence-electron chi connectivity index (χ1n) is 8.23. The molecule has 1 aromatic heterocycles. The van der Waals surface area contributed by atoms with Crippen LogP contribution in [-0.2, 0) is 4.79 Å². The molecule has 1 fully saturated rings. The third-order valence-corrected chi connectivity index (χ3v) is 5.48. The van der Waals surface area contributed by atoms with Crippen LogP contribution in [0.2, 0.25) is 5.02 Å². The van der Waals surface area contributed by atoms with Crippen molar-refractivity contribution >= 4 is 40.6 Å². The second kappa shape index (κ2) is 8.45. The molecule has 2 heterocycles. The molecule has 0 atom stereocenters. The highest BCUT2D eigenvalue weighted by Crippen LogP contribution is 2.31. The summed E-state index contributed by atoms with van der Waals surface area (Å²) in [6.45, 7) is 1.91. The van der Waals surface area contributed by atoms with Crippen molar-refractivity contribution in [3.8, 4) is 0 Å². The van der Waals surface area contributed by atoms with E-state index in [1.165, 1.54) is 24.0 Å². The summed E-state index contributed by atoms with van der Waals surface area (Å²) in [5, 5.41) is 23.7. The van der Waals surface area contributed by atoms with E-state index in [4.69, 9.17) is 11.6 Å². The van der Waals surface area contributed by atoms with Crippen LogP contribution in [-0.4, -0.2) is 47.7 Å². The average Bonchev–Trinajstić information content (AvgIpc) is 2.67. The number of amides is 1. The monoisotopic (exact) mass is 408 g/mol. The number of hydrogen-bond donors (Lipinski definition) is 0. The third kappa shape index (κ3) is 4.61. The zero-order valence-corrected chi connectivity index (χ0v) is 15.9. The molecule has 0 spiro atoms. The van der Waals surface area contributed by atoms with E-state index in [9.17, 15) is 20.1 Å². The molecule has 1 amide bonds. The van der Waals surface area contributed by atoms with Crippen LogP contribution in [0.5, 0.6) is 0 Å². The van der Waals surface area contributed by atoms with Crippen molar-refractivity contribution in [3.63, 3.8) is 0 Å². The molecule has 0 saturated carbocycles. The normalized spacial score (nSPS) is 14.3. The van der Waals surface area contributed by atoms with Gasteiger partial charge in [0.1, 0.15) is 5.69 Å². The van der Waals surface area contributed by atoms with Crippen LogP contribution in [0.3, 0.4) is 0 Å². The van der Waals surface area contributed by atoms with Crippen molar-refractivity contribution < 1.29 is 14.4 Å². The molecule has 0 bridgehead atoms. The number of thioether (sulfide) groups is 1. The van der Waals surface area contributed by atoms with Crippen LogP contribution in [0.4, 0.5) is 11.4 Å². The first kappa shape index (κ1) is 19.2. The van der Waals surface area contributed by atoms with Crippen molar-refractivity contribution in [1.82, 2.24) is 4.90 Å². The van der Waals surface area contributed by atoms with Crippen LogP contribution in [0, 0.1) is 15.3 Å². The fourth-order valence-corrected chi connectivity index (χ4v) is 3.84. The number of carbonyl (C=O) groups excluding carboxylic acids is 1. The number of benzene rings is 1. The highest BCUT2D eigenvalue weighted by Gasteiger charge is 2.26. The molecule has 0 radical (unpaired) electrons. The molecular weight excluding hydrogens is 392 g/mol. The fraction of sp³-hybridized carbons (Fsp3) is 0.294. The van der Waals surface area contributed by atoms with Crippen LogP contribution in [0.1, 0.15) is 0 Å². The number of nitro benzene ring substituents is 1. The van der Waals surface area contributed by atoms with E-state index >= 15 is 0 Å². The number of piperazine rings is 1. The van der Waals surface area contributed by atoms with Gasteiger partial charge in [0.05, 0.1) is 10.7 Å². The number of rotatable bonds is 5. The molecule has 0 N–H and O–H groups in total. The predicted octanol–water partition coefficient (Wildman–Crippen LogP) is 2.32. The van der Waals surface area contributed by atoms with Gasteiger partial charge in [-0.1, -0.05) is 11.6 Å². The minimum atomic E-state index is -0.451. The molecule has 1 aliphatic rings. The van der Waals surface area contributed by atoms with Crippen LogP contribution in [0.25, 0.3) is 0 Å².